The van der Waals surface area contributed by atoms with Crippen LogP contribution in [0.25, 0.3) is 16.9 Å². The molecule has 0 aromatic carbocycles. The van der Waals surface area contributed by atoms with Gasteiger partial charge in [0.15, 0.2) is 11.5 Å². The van der Waals surface area contributed by atoms with Crippen LogP contribution >= 0.6 is 0 Å². The summed E-state index contributed by atoms with van der Waals surface area (Å²) in [5.74, 6) is 0.787. The molecule has 0 spiro atoms. The summed E-state index contributed by atoms with van der Waals surface area (Å²) in [6, 6.07) is 7.80. The van der Waals surface area contributed by atoms with E-state index in [1.165, 1.54) is 0 Å². The lowest BCUT2D eigenvalue weighted by Crippen LogP contribution is -2.36. The summed E-state index contributed by atoms with van der Waals surface area (Å²) in [6.07, 6.45) is 7.17. The summed E-state index contributed by atoms with van der Waals surface area (Å²) in [6.45, 7) is 1.05. The van der Waals surface area contributed by atoms with Gasteiger partial charge in [0.25, 0.3) is 0 Å². The topological polar surface area (TPSA) is 108 Å². The standard InChI is InChI=1S/C17H17N9O/c27-8-7-24-10-12(9-19-24)14-2-3-15-17(20-14)26(23-21-15)11-13-1-4-16-18-5-6-25(16)22-13/h1-6,9-10,21,23,27H,7-8,11H2. The van der Waals surface area contributed by atoms with Crippen LogP contribution in [-0.4, -0.2) is 41.1 Å². The minimum Gasteiger partial charge on any atom is -0.394 e. The Bertz CT molecular complexity index is 1100. The Morgan fingerprint density at radius 3 is 3.04 bits per heavy atom. The van der Waals surface area contributed by atoms with E-state index in [4.69, 9.17) is 10.1 Å². The number of hydrazine groups is 2. The highest BCUT2D eigenvalue weighted by molar-refractivity contribution is 5.73. The van der Waals surface area contributed by atoms with Crippen molar-refractivity contribution in [2.75, 3.05) is 17.0 Å². The van der Waals surface area contributed by atoms with Crippen LogP contribution in [0.5, 0.6) is 0 Å². The third-order valence-corrected chi connectivity index (χ3v) is 4.34. The molecular weight excluding hydrogens is 346 g/mol. The molecule has 5 heterocycles. The average Bonchev–Trinajstić information content (AvgIpc) is 3.41. The lowest BCUT2D eigenvalue weighted by molar-refractivity contribution is 0.269. The maximum atomic E-state index is 9.04. The highest BCUT2D eigenvalue weighted by Gasteiger charge is 2.22. The number of imidazole rings is 1. The molecule has 0 aliphatic carbocycles. The lowest BCUT2D eigenvalue weighted by Gasteiger charge is -2.16. The van der Waals surface area contributed by atoms with Crippen molar-refractivity contribution in [1.82, 2.24) is 34.9 Å². The molecule has 1 aliphatic heterocycles. The number of anilines is 2. The Balaban J connectivity index is 1.42. The van der Waals surface area contributed by atoms with Gasteiger partial charge in [-0.2, -0.15) is 10.2 Å². The highest BCUT2D eigenvalue weighted by atomic mass is 16.3. The number of hydrogen-bond donors (Lipinski definition) is 3. The Kier molecular flexibility index (Phi) is 3.69. The maximum absolute atomic E-state index is 9.04. The third kappa shape index (κ3) is 2.86. The zero-order chi connectivity index (χ0) is 18.2. The van der Waals surface area contributed by atoms with E-state index < -0.39 is 0 Å². The van der Waals surface area contributed by atoms with Crippen LogP contribution < -0.4 is 16.0 Å². The van der Waals surface area contributed by atoms with Gasteiger partial charge < -0.3 is 10.5 Å². The number of aliphatic hydroxyl groups is 1. The number of aliphatic hydroxyl groups excluding tert-OH is 1. The molecule has 10 nitrogen and oxygen atoms in total. The molecule has 136 valence electrons. The highest BCUT2D eigenvalue weighted by Crippen LogP contribution is 2.30. The maximum Gasteiger partial charge on any atom is 0.170 e. The summed E-state index contributed by atoms with van der Waals surface area (Å²) >= 11 is 0. The second-order valence-corrected chi connectivity index (χ2v) is 6.16. The van der Waals surface area contributed by atoms with Crippen LogP contribution in [-0.2, 0) is 13.1 Å². The first-order valence-electron chi connectivity index (χ1n) is 8.53. The van der Waals surface area contributed by atoms with E-state index >= 15 is 0 Å². The first kappa shape index (κ1) is 15.7. The van der Waals surface area contributed by atoms with Crippen molar-refractivity contribution in [2.45, 2.75) is 13.1 Å². The number of pyridine rings is 1. The monoisotopic (exact) mass is 363 g/mol. The molecule has 5 rings (SSSR count). The zero-order valence-electron chi connectivity index (χ0n) is 14.3. The number of aromatic nitrogens is 6. The summed E-state index contributed by atoms with van der Waals surface area (Å²) in [7, 11) is 0. The average molecular weight is 363 g/mol. The molecule has 0 saturated carbocycles. The van der Waals surface area contributed by atoms with Crippen LogP contribution in [0.15, 0.2) is 49.1 Å². The largest absolute Gasteiger partial charge is 0.394 e. The quantitative estimate of drug-likeness (QED) is 0.479. The predicted molar refractivity (Wildman–Crippen MR) is 98.5 cm³/mol. The Labute approximate surface area is 154 Å². The van der Waals surface area contributed by atoms with Crippen molar-refractivity contribution in [3.63, 3.8) is 0 Å². The molecule has 0 radical (unpaired) electrons. The number of nitrogens with one attached hydrogen (secondary N) is 2. The van der Waals surface area contributed by atoms with Crippen LogP contribution in [0.4, 0.5) is 11.5 Å². The van der Waals surface area contributed by atoms with Gasteiger partial charge in [0.1, 0.15) is 0 Å². The first-order valence-corrected chi connectivity index (χ1v) is 8.53. The van der Waals surface area contributed by atoms with Gasteiger partial charge in [0, 0.05) is 24.2 Å². The van der Waals surface area contributed by atoms with Crippen molar-refractivity contribution < 1.29 is 5.11 Å². The van der Waals surface area contributed by atoms with Gasteiger partial charge in [-0.05, 0) is 24.3 Å². The second kappa shape index (κ2) is 6.34. The molecule has 0 amide bonds. The Hall–Kier alpha value is -3.50. The molecule has 0 atom stereocenters. The van der Waals surface area contributed by atoms with Crippen LogP contribution in [0.2, 0.25) is 0 Å². The smallest absolute Gasteiger partial charge is 0.170 e. The van der Waals surface area contributed by atoms with E-state index in [9.17, 15) is 0 Å². The van der Waals surface area contributed by atoms with Crippen LogP contribution in [0, 0.1) is 0 Å². The van der Waals surface area contributed by atoms with Gasteiger partial charge in [-0.15, -0.1) is 5.53 Å². The number of nitrogens with zero attached hydrogens (tertiary/aromatic N) is 7. The van der Waals surface area contributed by atoms with Gasteiger partial charge in [-0.3, -0.25) is 9.69 Å². The first-order chi connectivity index (χ1) is 13.3. The third-order valence-electron chi connectivity index (χ3n) is 4.34. The SMILES string of the molecule is OCCn1cc(-c2ccc3c(n2)N(Cc2ccc4nccn4n2)NN3)cn1. The minimum atomic E-state index is 0.0502. The molecule has 4 aromatic heterocycles. The molecule has 0 unspecified atom stereocenters. The van der Waals surface area contributed by atoms with E-state index in [1.54, 1.807) is 21.6 Å². The van der Waals surface area contributed by atoms with E-state index in [-0.39, 0.29) is 6.61 Å². The Morgan fingerprint density at radius 2 is 2.11 bits per heavy atom. The molecule has 27 heavy (non-hydrogen) atoms. The van der Waals surface area contributed by atoms with E-state index in [0.717, 1.165) is 34.1 Å². The van der Waals surface area contributed by atoms with Gasteiger partial charge in [-0.1, -0.05) is 0 Å². The van der Waals surface area contributed by atoms with Crippen LogP contribution in [0.3, 0.4) is 0 Å². The summed E-state index contributed by atoms with van der Waals surface area (Å²) in [5.41, 5.74) is 10.5. The fourth-order valence-corrected chi connectivity index (χ4v) is 3.03. The molecule has 0 fully saturated rings. The molecule has 3 N–H and O–H groups in total. The van der Waals surface area contributed by atoms with Gasteiger partial charge in [0.2, 0.25) is 0 Å². The molecule has 0 saturated heterocycles. The summed E-state index contributed by atoms with van der Waals surface area (Å²) in [5, 5.41) is 19.7. The Morgan fingerprint density at radius 1 is 1.15 bits per heavy atom. The number of fused-ring (bicyclic) bond motifs is 2. The molecule has 4 aromatic rings. The molecule has 1 aliphatic rings. The number of rotatable bonds is 5. The molecular formula is C17H17N9O. The fraction of sp³-hybridized carbons (Fsp3) is 0.176. The van der Waals surface area contributed by atoms with Crippen molar-refractivity contribution in [3.8, 4) is 11.3 Å². The summed E-state index contributed by atoms with van der Waals surface area (Å²) in [4.78, 5) is 8.98. The normalized spacial score (nSPS) is 13.1. The van der Waals surface area contributed by atoms with E-state index in [2.05, 4.69) is 26.1 Å². The van der Waals surface area contributed by atoms with Crippen molar-refractivity contribution >= 4 is 17.2 Å². The molecule has 10 heteroatoms. The van der Waals surface area contributed by atoms with Gasteiger partial charge in [-0.25, -0.2) is 14.5 Å². The van der Waals surface area contributed by atoms with Crippen molar-refractivity contribution in [3.05, 3.63) is 54.7 Å². The van der Waals surface area contributed by atoms with Gasteiger partial charge >= 0.3 is 0 Å². The van der Waals surface area contributed by atoms with Crippen LogP contribution in [0.1, 0.15) is 5.69 Å². The summed E-state index contributed by atoms with van der Waals surface area (Å²) < 4.78 is 3.45. The van der Waals surface area contributed by atoms with Crippen molar-refractivity contribution in [1.29, 1.82) is 0 Å². The predicted octanol–water partition coefficient (Wildman–Crippen LogP) is 0.832. The molecule has 0 bridgehead atoms. The number of hydrogen-bond acceptors (Lipinski definition) is 8. The zero-order valence-corrected chi connectivity index (χ0v) is 14.3. The lowest BCUT2D eigenvalue weighted by atomic mass is 10.2. The van der Waals surface area contributed by atoms with E-state index in [1.807, 2.05) is 41.7 Å². The fourth-order valence-electron chi connectivity index (χ4n) is 3.03. The van der Waals surface area contributed by atoms with Gasteiger partial charge in [0.05, 0.1) is 43.0 Å². The second-order valence-electron chi connectivity index (χ2n) is 6.16. The van der Waals surface area contributed by atoms with Crippen molar-refractivity contribution in [2.24, 2.45) is 0 Å². The van der Waals surface area contributed by atoms with E-state index in [0.29, 0.717) is 13.1 Å². The minimum absolute atomic E-state index is 0.0502.